The summed E-state index contributed by atoms with van der Waals surface area (Å²) in [6, 6.07) is 0.320. The van der Waals surface area contributed by atoms with Crippen molar-refractivity contribution in [3.05, 3.63) is 27.2 Å². The van der Waals surface area contributed by atoms with Gasteiger partial charge in [0.2, 0.25) is 0 Å². The largest absolute Gasteiger partial charge is 0.357 e. The van der Waals surface area contributed by atoms with E-state index in [9.17, 15) is 0 Å². The minimum atomic E-state index is 0. The van der Waals surface area contributed by atoms with Crippen LogP contribution in [0, 0.1) is 13.8 Å². The van der Waals surface area contributed by atoms with E-state index in [0.717, 1.165) is 60.7 Å². The van der Waals surface area contributed by atoms with Gasteiger partial charge in [-0.1, -0.05) is 6.92 Å². The highest BCUT2D eigenvalue weighted by Gasteiger charge is 2.22. The Balaban J connectivity index is 0.00000243. The van der Waals surface area contributed by atoms with Crippen LogP contribution in [0.25, 0.3) is 0 Å². The van der Waals surface area contributed by atoms with Gasteiger partial charge in [-0.05, 0) is 27.2 Å². The van der Waals surface area contributed by atoms with E-state index in [1.165, 1.54) is 4.88 Å². The maximum atomic E-state index is 4.75. The molecule has 1 atom stereocenters. The molecule has 1 unspecified atom stereocenters. The highest BCUT2D eigenvalue weighted by molar-refractivity contribution is 14.0. The molecule has 0 spiro atoms. The normalized spacial score (nSPS) is 16.8. The zero-order valence-electron chi connectivity index (χ0n) is 15.9. The SMILES string of the molecule is CCNC(=NCc1sc(C)nc1C)NC1CCc2nc(CC)nn2C1.I. The molecule has 0 bridgehead atoms. The Bertz CT molecular complexity index is 752. The van der Waals surface area contributed by atoms with E-state index < -0.39 is 0 Å². The van der Waals surface area contributed by atoms with Gasteiger partial charge in [-0.15, -0.1) is 35.3 Å². The Kier molecular flexibility index (Phi) is 7.81. The molecule has 3 rings (SSSR count). The molecule has 0 aromatic carbocycles. The van der Waals surface area contributed by atoms with Crippen LogP contribution in [0.3, 0.4) is 0 Å². The summed E-state index contributed by atoms with van der Waals surface area (Å²) < 4.78 is 2.04. The molecule has 0 saturated heterocycles. The molecular weight excluding hydrogens is 461 g/mol. The van der Waals surface area contributed by atoms with Gasteiger partial charge in [0, 0.05) is 30.3 Å². The minimum Gasteiger partial charge on any atom is -0.357 e. The summed E-state index contributed by atoms with van der Waals surface area (Å²) in [6.07, 6.45) is 2.89. The summed E-state index contributed by atoms with van der Waals surface area (Å²) in [6.45, 7) is 10.6. The van der Waals surface area contributed by atoms with E-state index in [2.05, 4.69) is 39.5 Å². The third-order valence-electron chi connectivity index (χ3n) is 4.28. The first-order valence-corrected chi connectivity index (χ1v) is 9.81. The van der Waals surface area contributed by atoms with Crippen molar-refractivity contribution in [1.82, 2.24) is 30.4 Å². The van der Waals surface area contributed by atoms with Gasteiger partial charge in [0.05, 0.1) is 23.8 Å². The highest BCUT2D eigenvalue weighted by Crippen LogP contribution is 2.18. The predicted octanol–water partition coefficient (Wildman–Crippen LogP) is 2.60. The minimum absolute atomic E-state index is 0. The first-order chi connectivity index (χ1) is 12.1. The van der Waals surface area contributed by atoms with Crippen molar-refractivity contribution < 1.29 is 0 Å². The van der Waals surface area contributed by atoms with Crippen LogP contribution in [0.4, 0.5) is 0 Å². The van der Waals surface area contributed by atoms with Gasteiger partial charge in [-0.3, -0.25) is 0 Å². The lowest BCUT2D eigenvalue weighted by molar-refractivity contribution is 0.392. The number of nitrogens with one attached hydrogen (secondary N) is 2. The lowest BCUT2D eigenvalue weighted by Gasteiger charge is -2.25. The van der Waals surface area contributed by atoms with Crippen molar-refractivity contribution in [2.75, 3.05) is 6.54 Å². The van der Waals surface area contributed by atoms with Crippen molar-refractivity contribution in [2.24, 2.45) is 4.99 Å². The van der Waals surface area contributed by atoms with E-state index in [4.69, 9.17) is 4.99 Å². The Hall–Kier alpha value is -1.23. The molecule has 26 heavy (non-hydrogen) atoms. The standard InChI is InChI=1S/C17H27N7S.HI/c1-5-15-22-16-8-7-13(10-24(16)23-15)21-17(18-6-2)19-9-14-11(3)20-12(4)25-14;/h13H,5-10H2,1-4H3,(H2,18,19,21);1H. The fourth-order valence-corrected chi connectivity index (χ4v) is 3.87. The number of fused-ring (bicyclic) bond motifs is 1. The zero-order valence-corrected chi connectivity index (χ0v) is 19.0. The van der Waals surface area contributed by atoms with Crippen LogP contribution in [-0.4, -0.2) is 38.3 Å². The smallest absolute Gasteiger partial charge is 0.191 e. The van der Waals surface area contributed by atoms with Crippen LogP contribution < -0.4 is 10.6 Å². The topological polar surface area (TPSA) is 80.0 Å². The van der Waals surface area contributed by atoms with E-state index >= 15 is 0 Å². The Morgan fingerprint density at radius 1 is 1.31 bits per heavy atom. The molecule has 0 saturated carbocycles. The maximum absolute atomic E-state index is 4.75. The molecule has 7 nitrogen and oxygen atoms in total. The van der Waals surface area contributed by atoms with E-state index in [1.54, 1.807) is 11.3 Å². The molecule has 2 N–H and O–H groups in total. The second-order valence-electron chi connectivity index (χ2n) is 6.30. The van der Waals surface area contributed by atoms with Crippen molar-refractivity contribution in [3.8, 4) is 0 Å². The fourth-order valence-electron chi connectivity index (χ4n) is 3.01. The third kappa shape index (κ3) is 5.15. The van der Waals surface area contributed by atoms with Crippen LogP contribution in [0.15, 0.2) is 4.99 Å². The van der Waals surface area contributed by atoms with Gasteiger partial charge in [0.1, 0.15) is 5.82 Å². The first kappa shape index (κ1) is 21.1. The Morgan fingerprint density at radius 2 is 2.12 bits per heavy atom. The van der Waals surface area contributed by atoms with Gasteiger partial charge in [-0.2, -0.15) is 5.10 Å². The number of hydrogen-bond acceptors (Lipinski definition) is 5. The lowest BCUT2D eigenvalue weighted by Crippen LogP contribution is -2.47. The van der Waals surface area contributed by atoms with Crippen molar-refractivity contribution in [1.29, 1.82) is 0 Å². The Morgan fingerprint density at radius 3 is 2.77 bits per heavy atom. The Labute approximate surface area is 176 Å². The van der Waals surface area contributed by atoms with Crippen molar-refractivity contribution >= 4 is 41.3 Å². The molecule has 2 aromatic heterocycles. The van der Waals surface area contributed by atoms with Gasteiger partial charge in [0.25, 0.3) is 0 Å². The molecule has 1 aliphatic rings. The summed E-state index contributed by atoms with van der Waals surface area (Å²) in [5, 5.41) is 12.6. The molecule has 144 valence electrons. The van der Waals surface area contributed by atoms with Gasteiger partial charge in [0.15, 0.2) is 11.8 Å². The van der Waals surface area contributed by atoms with Crippen LogP contribution in [0.1, 0.15) is 47.5 Å². The number of thiazole rings is 1. The lowest BCUT2D eigenvalue weighted by atomic mass is 10.1. The number of aromatic nitrogens is 4. The maximum Gasteiger partial charge on any atom is 0.191 e. The number of halogens is 1. The summed E-state index contributed by atoms with van der Waals surface area (Å²) in [4.78, 5) is 15.0. The number of guanidine groups is 1. The highest BCUT2D eigenvalue weighted by atomic mass is 127. The number of aryl methyl sites for hydroxylation is 4. The second kappa shape index (κ2) is 9.63. The number of rotatable bonds is 5. The van der Waals surface area contributed by atoms with Crippen molar-refractivity contribution in [3.63, 3.8) is 0 Å². The molecule has 1 aliphatic heterocycles. The fraction of sp³-hybridized carbons (Fsp3) is 0.647. The quantitative estimate of drug-likeness (QED) is 0.384. The molecule has 0 aliphatic carbocycles. The van der Waals surface area contributed by atoms with Crippen LogP contribution in [-0.2, 0) is 25.9 Å². The molecule has 2 aromatic rings. The summed E-state index contributed by atoms with van der Waals surface area (Å²) in [5.41, 5.74) is 1.08. The molecule has 3 heterocycles. The van der Waals surface area contributed by atoms with Gasteiger partial charge < -0.3 is 10.6 Å². The van der Waals surface area contributed by atoms with Crippen LogP contribution in [0.5, 0.6) is 0 Å². The zero-order chi connectivity index (χ0) is 17.8. The van der Waals surface area contributed by atoms with E-state index in [-0.39, 0.29) is 24.0 Å². The van der Waals surface area contributed by atoms with Crippen LogP contribution >= 0.6 is 35.3 Å². The molecule has 9 heteroatoms. The van der Waals surface area contributed by atoms with E-state index in [0.29, 0.717) is 12.6 Å². The number of aliphatic imine (C=N–C) groups is 1. The summed E-state index contributed by atoms with van der Waals surface area (Å²) in [7, 11) is 0. The average Bonchev–Trinajstić information content (AvgIpc) is 3.14. The molecule has 0 amide bonds. The first-order valence-electron chi connectivity index (χ1n) is 8.99. The monoisotopic (exact) mass is 489 g/mol. The van der Waals surface area contributed by atoms with Gasteiger partial charge in [-0.25, -0.2) is 19.6 Å². The van der Waals surface area contributed by atoms with Crippen molar-refractivity contribution in [2.45, 2.75) is 66.1 Å². The number of hydrogen-bond donors (Lipinski definition) is 2. The molecular formula is C17H28IN7S. The second-order valence-corrected chi connectivity index (χ2v) is 7.58. The predicted molar refractivity (Wildman–Crippen MR) is 116 cm³/mol. The molecule has 0 radical (unpaired) electrons. The van der Waals surface area contributed by atoms with E-state index in [1.807, 2.05) is 18.5 Å². The average molecular weight is 489 g/mol. The van der Waals surface area contributed by atoms with Gasteiger partial charge >= 0.3 is 0 Å². The summed E-state index contributed by atoms with van der Waals surface area (Å²) in [5.74, 6) is 2.90. The number of nitrogens with zero attached hydrogens (tertiary/aromatic N) is 5. The molecule has 0 fully saturated rings. The summed E-state index contributed by atoms with van der Waals surface area (Å²) >= 11 is 1.72. The van der Waals surface area contributed by atoms with Crippen LogP contribution in [0.2, 0.25) is 0 Å². The third-order valence-corrected chi connectivity index (χ3v) is 5.34.